The molecule has 0 radical (unpaired) electrons. The summed E-state index contributed by atoms with van der Waals surface area (Å²) in [5.41, 5.74) is 2.66. The highest BCUT2D eigenvalue weighted by molar-refractivity contribution is 5.77. The van der Waals surface area contributed by atoms with Crippen molar-refractivity contribution in [1.29, 1.82) is 0 Å². The second kappa shape index (κ2) is 9.25. The van der Waals surface area contributed by atoms with Crippen molar-refractivity contribution in [2.24, 2.45) is 0 Å². The van der Waals surface area contributed by atoms with E-state index in [-0.39, 0.29) is 23.4 Å². The molecule has 0 aromatic heterocycles. The van der Waals surface area contributed by atoms with E-state index in [1.165, 1.54) is 11.1 Å². The van der Waals surface area contributed by atoms with Crippen LogP contribution in [0.4, 0.5) is 4.79 Å². The van der Waals surface area contributed by atoms with Crippen LogP contribution < -0.4 is 5.32 Å². The van der Waals surface area contributed by atoms with Gasteiger partial charge in [-0.1, -0.05) is 45.0 Å². The Morgan fingerprint density at radius 2 is 1.59 bits per heavy atom. The van der Waals surface area contributed by atoms with Gasteiger partial charge in [0.15, 0.2) is 0 Å². The predicted molar refractivity (Wildman–Crippen MR) is 110 cm³/mol. The number of carbonyl (C=O) groups excluding carboxylic acids is 2. The summed E-state index contributed by atoms with van der Waals surface area (Å²) in [6.07, 6.45) is 2.11. The van der Waals surface area contributed by atoms with Crippen LogP contribution in [0.2, 0.25) is 0 Å². The van der Waals surface area contributed by atoms with Crippen LogP contribution in [0.15, 0.2) is 24.3 Å². The van der Waals surface area contributed by atoms with Gasteiger partial charge >= 0.3 is 6.03 Å². The average Bonchev–Trinajstić information content (AvgIpc) is 2.85. The predicted octanol–water partition coefficient (Wildman–Crippen LogP) is 3.57. The minimum atomic E-state index is -0.0294. The van der Waals surface area contributed by atoms with Gasteiger partial charge in [-0.3, -0.25) is 4.79 Å². The first-order valence-corrected chi connectivity index (χ1v) is 10.1. The molecule has 150 valence electrons. The molecule has 0 saturated carbocycles. The smallest absolute Gasteiger partial charge is 0.317 e. The number of nitrogens with one attached hydrogen (secondary N) is 1. The summed E-state index contributed by atoms with van der Waals surface area (Å²) >= 11 is 0. The van der Waals surface area contributed by atoms with E-state index in [0.29, 0.717) is 26.1 Å². The first kappa shape index (κ1) is 21.3. The quantitative estimate of drug-likeness (QED) is 0.877. The van der Waals surface area contributed by atoms with Gasteiger partial charge in [-0.25, -0.2) is 4.79 Å². The fraction of sp³-hybridized carbons (Fsp3) is 0.636. The molecule has 3 amide bonds. The fourth-order valence-corrected chi connectivity index (χ4v) is 3.29. The zero-order valence-electron chi connectivity index (χ0n) is 17.5. The number of hydrogen-bond donors (Lipinski definition) is 1. The van der Waals surface area contributed by atoms with Gasteiger partial charge in [0.25, 0.3) is 0 Å². The topological polar surface area (TPSA) is 52.7 Å². The van der Waals surface area contributed by atoms with E-state index >= 15 is 0 Å². The van der Waals surface area contributed by atoms with E-state index in [0.717, 1.165) is 19.4 Å². The van der Waals surface area contributed by atoms with Crippen LogP contribution in [0.1, 0.15) is 58.6 Å². The van der Waals surface area contributed by atoms with Crippen LogP contribution in [0, 0.1) is 0 Å². The van der Waals surface area contributed by atoms with Crippen molar-refractivity contribution < 1.29 is 9.59 Å². The Kier molecular flexibility index (Phi) is 7.28. The third-order valence-corrected chi connectivity index (χ3v) is 5.00. The number of aryl methyl sites for hydroxylation is 1. The molecule has 5 heteroatoms. The normalized spacial score (nSPS) is 15.6. The molecule has 1 aliphatic heterocycles. The number of carbonyl (C=O) groups is 2. The molecule has 0 bridgehead atoms. The molecular formula is C22H35N3O2. The molecule has 1 aromatic rings. The zero-order valence-corrected chi connectivity index (χ0v) is 17.5. The Bertz CT molecular complexity index is 632. The molecule has 0 atom stereocenters. The summed E-state index contributed by atoms with van der Waals surface area (Å²) in [5, 5.41) is 2.93. The number of benzene rings is 1. The standard InChI is InChI=1S/C22H35N3O2/c1-17(2)23-21(27)25-14-6-13-24(15-16-25)20(26)12-9-18-7-10-19(11-8-18)22(3,4)5/h7-8,10-11,17H,6,9,12-16H2,1-5H3,(H,23,27). The van der Waals surface area contributed by atoms with Crippen LogP contribution in [0.3, 0.4) is 0 Å². The van der Waals surface area contributed by atoms with Crippen molar-refractivity contribution in [2.45, 2.75) is 65.3 Å². The third kappa shape index (κ3) is 6.56. The summed E-state index contributed by atoms with van der Waals surface area (Å²) in [7, 11) is 0. The molecule has 1 fully saturated rings. The van der Waals surface area contributed by atoms with E-state index in [1.807, 2.05) is 23.6 Å². The number of hydrogen-bond acceptors (Lipinski definition) is 2. The maximum Gasteiger partial charge on any atom is 0.317 e. The van der Waals surface area contributed by atoms with Gasteiger partial charge in [-0.05, 0) is 43.2 Å². The highest BCUT2D eigenvalue weighted by Gasteiger charge is 2.22. The molecule has 1 aliphatic rings. The van der Waals surface area contributed by atoms with E-state index in [4.69, 9.17) is 0 Å². The van der Waals surface area contributed by atoms with Crippen molar-refractivity contribution in [3.63, 3.8) is 0 Å². The molecule has 27 heavy (non-hydrogen) atoms. The van der Waals surface area contributed by atoms with E-state index in [2.05, 4.69) is 50.4 Å². The molecule has 0 spiro atoms. The average molecular weight is 374 g/mol. The van der Waals surface area contributed by atoms with Gasteiger partial charge in [0.1, 0.15) is 0 Å². The largest absolute Gasteiger partial charge is 0.341 e. The van der Waals surface area contributed by atoms with E-state index < -0.39 is 0 Å². The van der Waals surface area contributed by atoms with Crippen molar-refractivity contribution in [3.8, 4) is 0 Å². The summed E-state index contributed by atoms with van der Waals surface area (Å²) in [6.45, 7) is 13.2. The lowest BCUT2D eigenvalue weighted by atomic mass is 9.86. The van der Waals surface area contributed by atoms with Crippen LogP contribution in [0.5, 0.6) is 0 Å². The van der Waals surface area contributed by atoms with Gasteiger partial charge in [0.05, 0.1) is 0 Å². The number of amides is 3. The van der Waals surface area contributed by atoms with Gasteiger partial charge < -0.3 is 15.1 Å². The molecule has 0 aliphatic carbocycles. The van der Waals surface area contributed by atoms with Crippen LogP contribution in [0.25, 0.3) is 0 Å². The Labute approximate surface area is 164 Å². The lowest BCUT2D eigenvalue weighted by Crippen LogP contribution is -2.44. The van der Waals surface area contributed by atoms with E-state index in [1.54, 1.807) is 0 Å². The van der Waals surface area contributed by atoms with Crippen molar-refractivity contribution in [2.75, 3.05) is 26.2 Å². The minimum Gasteiger partial charge on any atom is -0.341 e. The maximum atomic E-state index is 12.6. The third-order valence-electron chi connectivity index (χ3n) is 5.00. The Morgan fingerprint density at radius 1 is 1.00 bits per heavy atom. The highest BCUT2D eigenvalue weighted by Crippen LogP contribution is 2.22. The molecule has 1 aromatic carbocycles. The van der Waals surface area contributed by atoms with Crippen LogP contribution in [-0.2, 0) is 16.6 Å². The fourth-order valence-electron chi connectivity index (χ4n) is 3.29. The Hall–Kier alpha value is -2.04. The summed E-state index contributed by atoms with van der Waals surface area (Å²) in [6, 6.07) is 8.69. The van der Waals surface area contributed by atoms with Gasteiger partial charge in [-0.2, -0.15) is 0 Å². The maximum absolute atomic E-state index is 12.6. The first-order valence-electron chi connectivity index (χ1n) is 10.1. The van der Waals surface area contributed by atoms with Crippen LogP contribution in [-0.4, -0.2) is 54.0 Å². The number of urea groups is 1. The number of rotatable bonds is 4. The molecule has 1 saturated heterocycles. The SMILES string of the molecule is CC(C)NC(=O)N1CCCN(C(=O)CCc2ccc(C(C)(C)C)cc2)CC1. The summed E-state index contributed by atoms with van der Waals surface area (Å²) in [5.74, 6) is 0.181. The molecule has 1 heterocycles. The van der Waals surface area contributed by atoms with Gasteiger partial charge in [0, 0.05) is 38.6 Å². The molecule has 1 N–H and O–H groups in total. The number of nitrogens with zero attached hydrogens (tertiary/aromatic N) is 2. The van der Waals surface area contributed by atoms with Crippen molar-refractivity contribution >= 4 is 11.9 Å². The molecule has 2 rings (SSSR count). The molecule has 0 unspecified atom stereocenters. The zero-order chi connectivity index (χ0) is 20.0. The Balaban J connectivity index is 1.83. The van der Waals surface area contributed by atoms with Gasteiger partial charge in [0.2, 0.25) is 5.91 Å². The summed E-state index contributed by atoms with van der Waals surface area (Å²) in [4.78, 5) is 28.5. The van der Waals surface area contributed by atoms with Gasteiger partial charge in [-0.15, -0.1) is 0 Å². The minimum absolute atomic E-state index is 0.0294. The van der Waals surface area contributed by atoms with Crippen LogP contribution >= 0.6 is 0 Å². The van der Waals surface area contributed by atoms with E-state index in [9.17, 15) is 9.59 Å². The second-order valence-electron chi connectivity index (χ2n) is 8.77. The Morgan fingerprint density at radius 3 is 2.19 bits per heavy atom. The molecule has 5 nitrogen and oxygen atoms in total. The molecular weight excluding hydrogens is 338 g/mol. The monoisotopic (exact) mass is 373 g/mol. The second-order valence-corrected chi connectivity index (χ2v) is 8.77. The lowest BCUT2D eigenvalue weighted by molar-refractivity contribution is -0.131. The first-order chi connectivity index (χ1) is 12.7. The van der Waals surface area contributed by atoms with Crippen molar-refractivity contribution in [1.82, 2.24) is 15.1 Å². The highest BCUT2D eigenvalue weighted by atomic mass is 16.2. The van der Waals surface area contributed by atoms with Crippen molar-refractivity contribution in [3.05, 3.63) is 35.4 Å². The lowest BCUT2D eigenvalue weighted by Gasteiger charge is -2.23. The summed E-state index contributed by atoms with van der Waals surface area (Å²) < 4.78 is 0.